The van der Waals surface area contributed by atoms with Crippen molar-refractivity contribution in [2.45, 2.75) is 13.2 Å². The second kappa shape index (κ2) is 2.11. The molecule has 1 rings (SSSR count). The van der Waals surface area contributed by atoms with E-state index in [4.69, 9.17) is 10.8 Å². The highest BCUT2D eigenvalue weighted by Gasteiger charge is 2.08. The van der Waals surface area contributed by atoms with Crippen molar-refractivity contribution >= 4 is 0 Å². The lowest BCUT2D eigenvalue weighted by Gasteiger charge is -2.17. The van der Waals surface area contributed by atoms with Crippen molar-refractivity contribution in [3.05, 3.63) is 23.5 Å². The third kappa shape index (κ3) is 1.23. The number of hydrogen-bond acceptors (Lipinski definition) is 3. The molecule has 0 spiro atoms. The summed E-state index contributed by atoms with van der Waals surface area (Å²) in [6.45, 7) is 1.87. The molecule has 0 saturated heterocycles. The summed E-state index contributed by atoms with van der Waals surface area (Å²) in [4.78, 5) is 0. The summed E-state index contributed by atoms with van der Waals surface area (Å²) in [7, 11) is 0. The predicted molar refractivity (Wildman–Crippen MR) is 35.2 cm³/mol. The fraction of sp³-hybridized carbons (Fsp3) is 0.333. The van der Waals surface area contributed by atoms with E-state index in [1.165, 1.54) is 0 Å². The van der Waals surface area contributed by atoms with Crippen molar-refractivity contribution < 1.29 is 5.11 Å². The molecule has 9 heavy (non-hydrogen) atoms. The van der Waals surface area contributed by atoms with Gasteiger partial charge >= 0.3 is 0 Å². The fourth-order valence-electron chi connectivity index (χ4n) is 0.659. The van der Waals surface area contributed by atoms with Crippen LogP contribution in [0.15, 0.2) is 23.5 Å². The number of aliphatic hydroxyl groups is 1. The zero-order valence-corrected chi connectivity index (χ0v) is 5.26. The van der Waals surface area contributed by atoms with Gasteiger partial charge in [-0.05, 0) is 19.1 Å². The van der Waals surface area contributed by atoms with Gasteiger partial charge in [0.05, 0.1) is 5.70 Å². The number of nitrogens with one attached hydrogen (secondary N) is 1. The molecule has 0 aromatic carbocycles. The molecule has 3 nitrogen and oxygen atoms in total. The van der Waals surface area contributed by atoms with E-state index in [1.54, 1.807) is 6.08 Å². The normalized spacial score (nSPS) is 26.2. The minimum Gasteiger partial charge on any atom is -0.398 e. The van der Waals surface area contributed by atoms with Gasteiger partial charge in [0.15, 0.2) is 6.23 Å². The summed E-state index contributed by atoms with van der Waals surface area (Å²) >= 11 is 0. The highest BCUT2D eigenvalue weighted by molar-refractivity contribution is 5.22. The third-order valence-corrected chi connectivity index (χ3v) is 1.21. The van der Waals surface area contributed by atoms with Crippen LogP contribution in [0.2, 0.25) is 0 Å². The van der Waals surface area contributed by atoms with E-state index in [2.05, 4.69) is 5.32 Å². The summed E-state index contributed by atoms with van der Waals surface area (Å²) in [5.41, 5.74) is 6.73. The van der Waals surface area contributed by atoms with Crippen LogP contribution in [-0.2, 0) is 0 Å². The monoisotopic (exact) mass is 126 g/mol. The average Bonchev–Trinajstić information content (AvgIpc) is 1.80. The topological polar surface area (TPSA) is 58.3 Å². The van der Waals surface area contributed by atoms with E-state index >= 15 is 0 Å². The molecule has 3 heteroatoms. The van der Waals surface area contributed by atoms with Crippen LogP contribution in [0.25, 0.3) is 0 Å². The molecule has 0 bridgehead atoms. The number of nitrogens with two attached hydrogens (primary N) is 1. The van der Waals surface area contributed by atoms with Gasteiger partial charge in [0.2, 0.25) is 0 Å². The summed E-state index contributed by atoms with van der Waals surface area (Å²) in [5, 5.41) is 11.8. The summed E-state index contributed by atoms with van der Waals surface area (Å²) in [6, 6.07) is 0. The van der Waals surface area contributed by atoms with Crippen molar-refractivity contribution in [1.29, 1.82) is 0 Å². The first-order chi connectivity index (χ1) is 4.20. The van der Waals surface area contributed by atoms with Crippen LogP contribution in [0.3, 0.4) is 0 Å². The van der Waals surface area contributed by atoms with Crippen LogP contribution in [0.5, 0.6) is 0 Å². The second-order valence-corrected chi connectivity index (χ2v) is 2.06. The van der Waals surface area contributed by atoms with Crippen molar-refractivity contribution in [3.63, 3.8) is 0 Å². The van der Waals surface area contributed by atoms with Gasteiger partial charge in [0, 0.05) is 5.70 Å². The standard InChI is InChI=1S/C6H10N2O/c1-4-2-3-5(7)6(9)8-4/h2-3,6,8-9H,7H2,1H3. The lowest BCUT2D eigenvalue weighted by Crippen LogP contribution is -2.34. The molecule has 1 aliphatic rings. The first kappa shape index (κ1) is 6.16. The van der Waals surface area contributed by atoms with Crippen molar-refractivity contribution in [2.75, 3.05) is 0 Å². The number of dihydropyridines is 1. The van der Waals surface area contributed by atoms with Gasteiger partial charge < -0.3 is 16.2 Å². The minimum absolute atomic E-state index is 0.459. The van der Waals surface area contributed by atoms with Crippen LogP contribution in [-0.4, -0.2) is 11.3 Å². The van der Waals surface area contributed by atoms with Crippen LogP contribution in [0.1, 0.15) is 6.92 Å². The van der Waals surface area contributed by atoms with Crippen LogP contribution in [0, 0.1) is 0 Å². The lowest BCUT2D eigenvalue weighted by atomic mass is 10.2. The number of rotatable bonds is 0. The molecular formula is C6H10N2O. The van der Waals surface area contributed by atoms with Gasteiger partial charge in [-0.2, -0.15) is 0 Å². The zero-order chi connectivity index (χ0) is 6.85. The van der Waals surface area contributed by atoms with E-state index in [0.29, 0.717) is 5.70 Å². The Morgan fingerprint density at radius 2 is 2.33 bits per heavy atom. The van der Waals surface area contributed by atoms with Crippen molar-refractivity contribution in [3.8, 4) is 0 Å². The van der Waals surface area contributed by atoms with Crippen molar-refractivity contribution in [2.24, 2.45) is 5.73 Å². The number of allylic oxidation sites excluding steroid dienone is 3. The smallest absolute Gasteiger partial charge is 0.165 e. The molecule has 0 fully saturated rings. The summed E-state index contributed by atoms with van der Waals surface area (Å²) in [6.07, 6.45) is 2.81. The molecule has 1 atom stereocenters. The van der Waals surface area contributed by atoms with Crippen LogP contribution >= 0.6 is 0 Å². The number of hydrogen-bond donors (Lipinski definition) is 3. The summed E-state index contributed by atoms with van der Waals surface area (Å²) in [5.74, 6) is 0. The van der Waals surface area contributed by atoms with Gasteiger partial charge in [-0.3, -0.25) is 0 Å². The average molecular weight is 126 g/mol. The maximum absolute atomic E-state index is 9.00. The highest BCUT2D eigenvalue weighted by atomic mass is 16.3. The molecule has 1 heterocycles. The SMILES string of the molecule is CC1=CC=C(N)C(O)N1. The van der Waals surface area contributed by atoms with Crippen LogP contribution in [0.4, 0.5) is 0 Å². The Hall–Kier alpha value is -0.960. The Morgan fingerprint density at radius 1 is 1.67 bits per heavy atom. The first-order valence-electron chi connectivity index (χ1n) is 2.78. The van der Waals surface area contributed by atoms with Gasteiger partial charge in [-0.25, -0.2) is 0 Å². The van der Waals surface area contributed by atoms with E-state index in [-0.39, 0.29) is 0 Å². The largest absolute Gasteiger partial charge is 0.398 e. The molecule has 0 aliphatic carbocycles. The molecule has 0 amide bonds. The molecule has 0 saturated carbocycles. The Labute approximate surface area is 53.9 Å². The second-order valence-electron chi connectivity index (χ2n) is 2.06. The molecule has 0 radical (unpaired) electrons. The molecule has 1 aliphatic heterocycles. The highest BCUT2D eigenvalue weighted by Crippen LogP contribution is 2.02. The predicted octanol–water partition coefficient (Wildman–Crippen LogP) is -0.346. The van der Waals surface area contributed by atoms with Gasteiger partial charge in [-0.1, -0.05) is 0 Å². The van der Waals surface area contributed by atoms with E-state index < -0.39 is 6.23 Å². The minimum atomic E-state index is -0.699. The number of aliphatic hydroxyl groups excluding tert-OH is 1. The Bertz CT molecular complexity index is 172. The van der Waals surface area contributed by atoms with Crippen molar-refractivity contribution in [1.82, 2.24) is 5.32 Å². The quantitative estimate of drug-likeness (QED) is 0.416. The molecule has 0 aromatic rings. The van der Waals surface area contributed by atoms with E-state index in [1.807, 2.05) is 13.0 Å². The first-order valence-corrected chi connectivity index (χ1v) is 2.78. The molecule has 50 valence electrons. The zero-order valence-electron chi connectivity index (χ0n) is 5.26. The lowest BCUT2D eigenvalue weighted by molar-refractivity contribution is 0.181. The molecule has 0 aromatic heterocycles. The summed E-state index contributed by atoms with van der Waals surface area (Å²) < 4.78 is 0. The van der Waals surface area contributed by atoms with Gasteiger partial charge in [-0.15, -0.1) is 0 Å². The Kier molecular flexibility index (Phi) is 1.44. The van der Waals surface area contributed by atoms with E-state index in [0.717, 1.165) is 5.70 Å². The Balaban J connectivity index is 2.74. The maximum Gasteiger partial charge on any atom is 0.165 e. The maximum atomic E-state index is 9.00. The molecular weight excluding hydrogens is 116 g/mol. The third-order valence-electron chi connectivity index (χ3n) is 1.21. The molecule has 4 N–H and O–H groups in total. The molecule has 1 unspecified atom stereocenters. The van der Waals surface area contributed by atoms with Gasteiger partial charge in [0.1, 0.15) is 0 Å². The Morgan fingerprint density at radius 3 is 2.78 bits per heavy atom. The van der Waals surface area contributed by atoms with Crippen LogP contribution < -0.4 is 11.1 Å². The fourth-order valence-corrected chi connectivity index (χ4v) is 0.659. The van der Waals surface area contributed by atoms with Gasteiger partial charge in [0.25, 0.3) is 0 Å². The van der Waals surface area contributed by atoms with E-state index in [9.17, 15) is 0 Å².